The van der Waals surface area contributed by atoms with Crippen molar-refractivity contribution in [2.75, 3.05) is 5.73 Å². The van der Waals surface area contributed by atoms with Gasteiger partial charge in [0.05, 0.1) is 4.92 Å². The van der Waals surface area contributed by atoms with Gasteiger partial charge in [-0.2, -0.15) is 0 Å². The summed E-state index contributed by atoms with van der Waals surface area (Å²) in [5, 5.41) is 17.9. The minimum atomic E-state index is -0.601. The van der Waals surface area contributed by atoms with E-state index in [0.29, 0.717) is 0 Å². The van der Waals surface area contributed by atoms with Crippen molar-refractivity contribution in [3.05, 3.63) is 33.9 Å². The van der Waals surface area contributed by atoms with Crippen LogP contribution >= 0.6 is 0 Å². The fourth-order valence-corrected chi connectivity index (χ4v) is 1.06. The van der Waals surface area contributed by atoms with Crippen LogP contribution in [0.5, 0.6) is 0 Å². The van der Waals surface area contributed by atoms with Gasteiger partial charge in [-0.3, -0.25) is 20.3 Å². The van der Waals surface area contributed by atoms with Crippen molar-refractivity contribution < 1.29 is 9.72 Å². The maximum absolute atomic E-state index is 10.9. The Balaban J connectivity index is 3.28. The fraction of sp³-hybridized carbons (Fsp3) is 0.111. The SMILES string of the molecule is CC(=O)C(=N)c1cc([N+](=O)[O-])ccc1N. The van der Waals surface area contributed by atoms with Crippen LogP contribution < -0.4 is 5.73 Å². The van der Waals surface area contributed by atoms with Gasteiger partial charge in [-0.1, -0.05) is 0 Å². The van der Waals surface area contributed by atoms with Gasteiger partial charge in [-0.15, -0.1) is 0 Å². The molecule has 1 aromatic rings. The molecular weight excluding hydrogens is 198 g/mol. The Bertz CT molecular complexity index is 454. The van der Waals surface area contributed by atoms with Crippen molar-refractivity contribution >= 4 is 22.9 Å². The number of hydrogen-bond donors (Lipinski definition) is 2. The highest BCUT2D eigenvalue weighted by atomic mass is 16.6. The second-order valence-corrected chi connectivity index (χ2v) is 2.96. The molecule has 0 amide bonds. The summed E-state index contributed by atoms with van der Waals surface area (Å²) in [6.45, 7) is 1.21. The number of non-ortho nitro benzene ring substituents is 1. The number of anilines is 1. The molecule has 78 valence electrons. The molecule has 0 radical (unpaired) electrons. The van der Waals surface area contributed by atoms with E-state index in [1.54, 1.807) is 0 Å². The summed E-state index contributed by atoms with van der Waals surface area (Å²) in [6, 6.07) is 3.66. The van der Waals surface area contributed by atoms with Crippen molar-refractivity contribution in [1.82, 2.24) is 0 Å². The predicted molar refractivity (Wildman–Crippen MR) is 55.0 cm³/mol. The Labute approximate surface area is 85.4 Å². The quantitative estimate of drug-likeness (QED) is 0.335. The standard InChI is InChI=1S/C9H9N3O3/c1-5(13)9(11)7-4-6(12(14)15)2-3-8(7)10/h2-4,11H,10H2,1H3. The van der Waals surface area contributed by atoms with Crippen LogP contribution in [0.15, 0.2) is 18.2 Å². The molecule has 0 atom stereocenters. The van der Waals surface area contributed by atoms with Crippen LogP contribution in [0, 0.1) is 15.5 Å². The lowest BCUT2D eigenvalue weighted by molar-refractivity contribution is -0.384. The molecule has 0 unspecified atom stereocenters. The number of hydrogen-bond acceptors (Lipinski definition) is 5. The molecule has 6 heteroatoms. The minimum absolute atomic E-state index is 0.0942. The number of nitro benzene ring substituents is 1. The van der Waals surface area contributed by atoms with E-state index in [-0.39, 0.29) is 22.6 Å². The first-order valence-electron chi connectivity index (χ1n) is 4.07. The van der Waals surface area contributed by atoms with Gasteiger partial charge >= 0.3 is 0 Å². The molecule has 0 bridgehead atoms. The maximum atomic E-state index is 10.9. The van der Waals surface area contributed by atoms with Gasteiger partial charge in [-0.05, 0) is 6.07 Å². The number of nitro groups is 1. The second-order valence-electron chi connectivity index (χ2n) is 2.96. The Kier molecular flexibility index (Phi) is 2.80. The average molecular weight is 207 g/mol. The first-order valence-corrected chi connectivity index (χ1v) is 4.07. The molecule has 0 aliphatic rings. The van der Waals surface area contributed by atoms with E-state index in [0.717, 1.165) is 6.07 Å². The van der Waals surface area contributed by atoms with Gasteiger partial charge in [0.15, 0.2) is 5.78 Å². The van der Waals surface area contributed by atoms with E-state index in [1.165, 1.54) is 19.1 Å². The lowest BCUT2D eigenvalue weighted by atomic mass is 10.0. The molecule has 0 spiro atoms. The zero-order chi connectivity index (χ0) is 11.6. The number of Topliss-reactive ketones (excluding diaryl/α,β-unsaturated/α-hetero) is 1. The van der Waals surface area contributed by atoms with Gasteiger partial charge in [0.2, 0.25) is 0 Å². The number of benzene rings is 1. The minimum Gasteiger partial charge on any atom is -0.398 e. The van der Waals surface area contributed by atoms with E-state index >= 15 is 0 Å². The Morgan fingerprint density at radius 2 is 2.13 bits per heavy atom. The lowest BCUT2D eigenvalue weighted by Crippen LogP contribution is -2.12. The third kappa shape index (κ3) is 2.16. The highest BCUT2D eigenvalue weighted by Gasteiger charge is 2.15. The first kappa shape index (κ1) is 10.8. The van der Waals surface area contributed by atoms with Crippen LogP contribution in [0.2, 0.25) is 0 Å². The molecule has 1 rings (SSSR count). The van der Waals surface area contributed by atoms with E-state index in [2.05, 4.69) is 0 Å². The zero-order valence-electron chi connectivity index (χ0n) is 7.98. The Morgan fingerprint density at radius 3 is 2.60 bits per heavy atom. The number of carbonyl (C=O) groups is 1. The summed E-state index contributed by atoms with van der Waals surface area (Å²) in [6.07, 6.45) is 0. The summed E-state index contributed by atoms with van der Waals surface area (Å²) in [5.74, 6) is -0.484. The molecule has 0 fully saturated rings. The average Bonchev–Trinajstić information content (AvgIpc) is 2.16. The topological polar surface area (TPSA) is 110 Å². The summed E-state index contributed by atoms with van der Waals surface area (Å²) in [5.41, 5.74) is 5.28. The van der Waals surface area contributed by atoms with Crippen molar-refractivity contribution in [2.45, 2.75) is 6.92 Å². The number of carbonyl (C=O) groups excluding carboxylic acids is 1. The van der Waals surface area contributed by atoms with Crippen molar-refractivity contribution in [1.29, 1.82) is 5.41 Å². The highest BCUT2D eigenvalue weighted by Crippen LogP contribution is 2.20. The van der Waals surface area contributed by atoms with Crippen LogP contribution in [0.3, 0.4) is 0 Å². The molecule has 0 saturated heterocycles. The second kappa shape index (κ2) is 3.87. The molecule has 0 heterocycles. The highest BCUT2D eigenvalue weighted by molar-refractivity contribution is 6.45. The summed E-state index contributed by atoms with van der Waals surface area (Å²) < 4.78 is 0. The number of ketones is 1. The van der Waals surface area contributed by atoms with Crippen LogP contribution in [0.25, 0.3) is 0 Å². The number of nitrogens with one attached hydrogen (secondary N) is 1. The molecule has 3 N–H and O–H groups in total. The van der Waals surface area contributed by atoms with E-state index in [1.807, 2.05) is 0 Å². The number of rotatable bonds is 3. The Hall–Kier alpha value is -2.24. The third-order valence-corrected chi connectivity index (χ3v) is 1.87. The number of nitrogen functional groups attached to an aromatic ring is 1. The van der Waals surface area contributed by atoms with Crippen LogP contribution in [0.4, 0.5) is 11.4 Å². The van der Waals surface area contributed by atoms with Gasteiger partial charge in [0.25, 0.3) is 5.69 Å². The number of nitrogens with two attached hydrogens (primary N) is 1. The van der Waals surface area contributed by atoms with Gasteiger partial charge in [-0.25, -0.2) is 0 Å². The van der Waals surface area contributed by atoms with E-state index in [4.69, 9.17) is 11.1 Å². The lowest BCUT2D eigenvalue weighted by Gasteiger charge is -2.03. The largest absolute Gasteiger partial charge is 0.398 e. The summed E-state index contributed by atoms with van der Waals surface area (Å²) in [4.78, 5) is 20.8. The zero-order valence-corrected chi connectivity index (χ0v) is 7.98. The van der Waals surface area contributed by atoms with E-state index in [9.17, 15) is 14.9 Å². The molecule has 6 nitrogen and oxygen atoms in total. The fourth-order valence-electron chi connectivity index (χ4n) is 1.06. The first-order chi connectivity index (χ1) is 6.93. The molecule has 15 heavy (non-hydrogen) atoms. The van der Waals surface area contributed by atoms with Gasteiger partial charge in [0.1, 0.15) is 5.71 Å². The smallest absolute Gasteiger partial charge is 0.270 e. The van der Waals surface area contributed by atoms with E-state index < -0.39 is 10.7 Å². The van der Waals surface area contributed by atoms with Crippen molar-refractivity contribution in [3.8, 4) is 0 Å². The third-order valence-electron chi connectivity index (χ3n) is 1.87. The van der Waals surface area contributed by atoms with Gasteiger partial charge < -0.3 is 5.73 Å². The van der Waals surface area contributed by atoms with Crippen molar-refractivity contribution in [3.63, 3.8) is 0 Å². The molecular formula is C9H9N3O3. The molecule has 1 aromatic carbocycles. The maximum Gasteiger partial charge on any atom is 0.270 e. The monoisotopic (exact) mass is 207 g/mol. The Morgan fingerprint density at radius 1 is 1.53 bits per heavy atom. The van der Waals surface area contributed by atoms with Crippen LogP contribution in [0.1, 0.15) is 12.5 Å². The molecule has 0 aliphatic carbocycles. The molecule has 0 aromatic heterocycles. The van der Waals surface area contributed by atoms with Gasteiger partial charge in [0, 0.05) is 30.3 Å². The molecule has 0 saturated carbocycles. The predicted octanol–water partition coefficient (Wildman–Crippen LogP) is 1.13. The normalized spacial score (nSPS) is 9.67. The number of nitrogens with zero attached hydrogens (tertiary/aromatic N) is 1. The molecule has 0 aliphatic heterocycles. The summed E-state index contributed by atoms with van der Waals surface area (Å²) in [7, 11) is 0. The van der Waals surface area contributed by atoms with Crippen LogP contribution in [-0.2, 0) is 4.79 Å². The van der Waals surface area contributed by atoms with Crippen molar-refractivity contribution in [2.24, 2.45) is 0 Å². The summed E-state index contributed by atoms with van der Waals surface area (Å²) >= 11 is 0. The van der Waals surface area contributed by atoms with Crippen LogP contribution in [-0.4, -0.2) is 16.4 Å².